The SMILES string of the molecule is CCNC(=NCC1CCCN1CC)NC1CN(C(=O)OC(C)(C)C)C1. The molecule has 0 radical (unpaired) electrons. The van der Waals surface area contributed by atoms with Crippen molar-refractivity contribution in [2.75, 3.05) is 39.3 Å². The molecule has 2 N–H and O–H groups in total. The van der Waals surface area contributed by atoms with Crippen LogP contribution in [0.2, 0.25) is 0 Å². The summed E-state index contributed by atoms with van der Waals surface area (Å²) in [4.78, 5) is 21.0. The van der Waals surface area contributed by atoms with Gasteiger partial charge in [0.25, 0.3) is 0 Å². The van der Waals surface area contributed by atoms with Gasteiger partial charge in [0.2, 0.25) is 0 Å². The number of likely N-dealkylation sites (tertiary alicyclic amines) is 2. The lowest BCUT2D eigenvalue weighted by Crippen LogP contribution is -2.63. The zero-order chi connectivity index (χ0) is 18.4. The van der Waals surface area contributed by atoms with Crippen LogP contribution < -0.4 is 10.6 Å². The Balaban J connectivity index is 1.78. The molecule has 0 saturated carbocycles. The molecule has 2 aliphatic heterocycles. The first kappa shape index (κ1) is 19.8. The Morgan fingerprint density at radius 2 is 2.00 bits per heavy atom. The van der Waals surface area contributed by atoms with E-state index in [2.05, 4.69) is 29.4 Å². The summed E-state index contributed by atoms with van der Waals surface area (Å²) in [5.41, 5.74) is -0.446. The zero-order valence-electron chi connectivity index (χ0n) is 16.5. The maximum Gasteiger partial charge on any atom is 0.410 e. The van der Waals surface area contributed by atoms with Crippen molar-refractivity contribution in [2.24, 2.45) is 4.99 Å². The van der Waals surface area contributed by atoms with Crippen LogP contribution in [-0.2, 0) is 4.74 Å². The van der Waals surface area contributed by atoms with Crippen molar-refractivity contribution in [2.45, 2.75) is 65.1 Å². The Labute approximate surface area is 152 Å². The molecule has 1 unspecified atom stereocenters. The Kier molecular flexibility index (Phi) is 6.93. The normalized spacial score (nSPS) is 22.7. The minimum absolute atomic E-state index is 0.233. The number of ether oxygens (including phenoxy) is 1. The fourth-order valence-electron chi connectivity index (χ4n) is 3.27. The van der Waals surface area contributed by atoms with Crippen LogP contribution in [0.15, 0.2) is 4.99 Å². The van der Waals surface area contributed by atoms with Crippen LogP contribution in [0.4, 0.5) is 4.79 Å². The van der Waals surface area contributed by atoms with E-state index in [0.29, 0.717) is 19.1 Å². The number of carbonyl (C=O) groups excluding carboxylic acids is 1. The van der Waals surface area contributed by atoms with E-state index in [1.807, 2.05) is 20.8 Å². The molecule has 1 amide bonds. The summed E-state index contributed by atoms with van der Waals surface area (Å²) in [6.45, 7) is 15.2. The third-order valence-corrected chi connectivity index (χ3v) is 4.58. The van der Waals surface area contributed by atoms with Crippen LogP contribution in [0, 0.1) is 0 Å². The third kappa shape index (κ3) is 6.06. The van der Waals surface area contributed by atoms with E-state index in [1.54, 1.807) is 4.90 Å². The van der Waals surface area contributed by atoms with Gasteiger partial charge < -0.3 is 20.3 Å². The van der Waals surface area contributed by atoms with Gasteiger partial charge in [-0.2, -0.15) is 0 Å². The maximum atomic E-state index is 12.0. The van der Waals surface area contributed by atoms with Crippen molar-refractivity contribution in [1.82, 2.24) is 20.4 Å². The number of likely N-dealkylation sites (N-methyl/N-ethyl adjacent to an activating group) is 1. The summed E-state index contributed by atoms with van der Waals surface area (Å²) in [7, 11) is 0. The van der Waals surface area contributed by atoms with Crippen LogP contribution in [-0.4, -0.2) is 78.8 Å². The smallest absolute Gasteiger partial charge is 0.410 e. The lowest BCUT2D eigenvalue weighted by Gasteiger charge is -2.40. The second-order valence-corrected chi connectivity index (χ2v) is 7.87. The van der Waals surface area contributed by atoms with E-state index < -0.39 is 5.60 Å². The van der Waals surface area contributed by atoms with Gasteiger partial charge in [-0.3, -0.25) is 9.89 Å². The summed E-state index contributed by atoms with van der Waals surface area (Å²) in [6.07, 6.45) is 2.26. The molecule has 0 aromatic heterocycles. The Morgan fingerprint density at radius 3 is 2.60 bits per heavy atom. The molecule has 2 heterocycles. The lowest BCUT2D eigenvalue weighted by atomic mass is 10.1. The molecule has 2 rings (SSSR count). The average Bonchev–Trinajstić information content (AvgIpc) is 2.93. The summed E-state index contributed by atoms with van der Waals surface area (Å²) < 4.78 is 5.39. The van der Waals surface area contributed by atoms with Crippen LogP contribution in [0.3, 0.4) is 0 Å². The second kappa shape index (κ2) is 8.74. The first-order valence-corrected chi connectivity index (χ1v) is 9.59. The highest BCUT2D eigenvalue weighted by molar-refractivity contribution is 5.80. The quantitative estimate of drug-likeness (QED) is 0.581. The highest BCUT2D eigenvalue weighted by Gasteiger charge is 2.34. The van der Waals surface area contributed by atoms with Crippen LogP contribution in [0.25, 0.3) is 0 Å². The van der Waals surface area contributed by atoms with E-state index in [1.165, 1.54) is 19.4 Å². The number of hydrogen-bond donors (Lipinski definition) is 2. The summed E-state index contributed by atoms with van der Waals surface area (Å²) >= 11 is 0. The molecule has 25 heavy (non-hydrogen) atoms. The molecule has 0 spiro atoms. The average molecular weight is 354 g/mol. The second-order valence-electron chi connectivity index (χ2n) is 7.87. The molecule has 2 aliphatic rings. The lowest BCUT2D eigenvalue weighted by molar-refractivity contribution is 0.00700. The number of hydrogen-bond acceptors (Lipinski definition) is 4. The van der Waals surface area contributed by atoms with E-state index in [4.69, 9.17) is 9.73 Å². The molecule has 2 saturated heterocycles. The molecule has 0 aromatic carbocycles. The van der Waals surface area contributed by atoms with Gasteiger partial charge in [0.15, 0.2) is 5.96 Å². The maximum absolute atomic E-state index is 12.0. The fourth-order valence-corrected chi connectivity index (χ4v) is 3.27. The molecule has 1 atom stereocenters. The van der Waals surface area contributed by atoms with E-state index >= 15 is 0 Å². The summed E-state index contributed by atoms with van der Waals surface area (Å²) in [6, 6.07) is 0.788. The van der Waals surface area contributed by atoms with E-state index in [-0.39, 0.29) is 12.1 Å². The van der Waals surface area contributed by atoms with E-state index in [9.17, 15) is 4.79 Å². The molecule has 0 aliphatic carbocycles. The number of carbonyl (C=O) groups is 1. The highest BCUT2D eigenvalue weighted by atomic mass is 16.6. The first-order valence-electron chi connectivity index (χ1n) is 9.59. The molecule has 144 valence electrons. The predicted octanol–water partition coefficient (Wildman–Crippen LogP) is 1.65. The Bertz CT molecular complexity index is 469. The van der Waals surface area contributed by atoms with Crippen LogP contribution >= 0.6 is 0 Å². The standard InChI is InChI=1S/C18H35N5O2/c1-6-19-16(20-11-15-9-8-10-22(15)7-2)21-14-12-23(13-14)17(24)25-18(3,4)5/h14-15H,6-13H2,1-5H3,(H2,19,20,21). The molecular weight excluding hydrogens is 318 g/mol. The monoisotopic (exact) mass is 353 g/mol. The molecule has 0 aromatic rings. The van der Waals surface area contributed by atoms with Gasteiger partial charge in [0, 0.05) is 25.7 Å². The largest absolute Gasteiger partial charge is 0.444 e. The summed E-state index contributed by atoms with van der Waals surface area (Å²) in [5, 5.41) is 6.74. The molecule has 7 nitrogen and oxygen atoms in total. The molecular formula is C18H35N5O2. The summed E-state index contributed by atoms with van der Waals surface area (Å²) in [5.74, 6) is 0.847. The van der Waals surface area contributed by atoms with E-state index in [0.717, 1.165) is 25.6 Å². The van der Waals surface area contributed by atoms with Gasteiger partial charge in [-0.1, -0.05) is 6.92 Å². The van der Waals surface area contributed by atoms with Gasteiger partial charge in [-0.05, 0) is 53.6 Å². The number of rotatable bonds is 5. The van der Waals surface area contributed by atoms with Gasteiger partial charge in [0.1, 0.15) is 5.60 Å². The van der Waals surface area contributed by atoms with Crippen molar-refractivity contribution in [3.8, 4) is 0 Å². The molecule has 7 heteroatoms. The number of amides is 1. The van der Waals surface area contributed by atoms with Gasteiger partial charge in [-0.25, -0.2) is 4.79 Å². The first-order chi connectivity index (χ1) is 11.8. The third-order valence-electron chi connectivity index (χ3n) is 4.58. The van der Waals surface area contributed by atoms with Crippen LogP contribution in [0.5, 0.6) is 0 Å². The minimum atomic E-state index is -0.446. The molecule has 0 bridgehead atoms. The van der Waals surface area contributed by atoms with Gasteiger partial charge >= 0.3 is 6.09 Å². The van der Waals surface area contributed by atoms with Crippen molar-refractivity contribution in [3.63, 3.8) is 0 Å². The number of aliphatic imine (C=N–C) groups is 1. The number of nitrogens with one attached hydrogen (secondary N) is 2. The molecule has 2 fully saturated rings. The fraction of sp³-hybridized carbons (Fsp3) is 0.889. The van der Waals surface area contributed by atoms with Crippen molar-refractivity contribution in [1.29, 1.82) is 0 Å². The Morgan fingerprint density at radius 1 is 1.28 bits per heavy atom. The topological polar surface area (TPSA) is 69.2 Å². The predicted molar refractivity (Wildman–Crippen MR) is 101 cm³/mol. The van der Waals surface area contributed by atoms with Gasteiger partial charge in [0.05, 0.1) is 12.6 Å². The van der Waals surface area contributed by atoms with Crippen LogP contribution in [0.1, 0.15) is 47.5 Å². The van der Waals surface area contributed by atoms with Gasteiger partial charge in [-0.15, -0.1) is 0 Å². The van der Waals surface area contributed by atoms with Crippen molar-refractivity contribution in [3.05, 3.63) is 0 Å². The van der Waals surface area contributed by atoms with Crippen molar-refractivity contribution < 1.29 is 9.53 Å². The highest BCUT2D eigenvalue weighted by Crippen LogP contribution is 2.17. The zero-order valence-corrected chi connectivity index (χ0v) is 16.5. The van der Waals surface area contributed by atoms with Crippen molar-refractivity contribution >= 4 is 12.1 Å². The minimum Gasteiger partial charge on any atom is -0.444 e. The number of nitrogens with zero attached hydrogens (tertiary/aromatic N) is 3. The Hall–Kier alpha value is -1.50. The number of guanidine groups is 1.